The number of ether oxygens (including phenoxy) is 2. The largest absolute Gasteiger partial charge is 0.497 e. The second kappa shape index (κ2) is 6.43. The van der Waals surface area contributed by atoms with Gasteiger partial charge in [0.15, 0.2) is 0 Å². The molecule has 1 heterocycles. The molecule has 0 aliphatic carbocycles. The highest BCUT2D eigenvalue weighted by molar-refractivity contribution is 5.89. The zero-order chi connectivity index (χ0) is 13.7. The van der Waals surface area contributed by atoms with Gasteiger partial charge in [0, 0.05) is 12.3 Å². The zero-order valence-corrected chi connectivity index (χ0v) is 11.3. The van der Waals surface area contributed by atoms with Gasteiger partial charge in [-0.1, -0.05) is 0 Å². The Bertz CT molecular complexity index is 413. The van der Waals surface area contributed by atoms with E-state index < -0.39 is 0 Å². The summed E-state index contributed by atoms with van der Waals surface area (Å²) in [5.74, 6) is 0.763. The fraction of sp³-hybridized carbons (Fsp3) is 0.500. The third kappa shape index (κ3) is 3.86. The summed E-state index contributed by atoms with van der Waals surface area (Å²) in [5, 5.41) is 5.68. The van der Waals surface area contributed by atoms with E-state index in [1.165, 1.54) is 0 Å². The Balaban J connectivity index is 1.82. The molecule has 5 nitrogen and oxygen atoms in total. The first-order valence-electron chi connectivity index (χ1n) is 6.52. The fourth-order valence-corrected chi connectivity index (χ4v) is 2.14. The molecule has 19 heavy (non-hydrogen) atoms. The van der Waals surface area contributed by atoms with Crippen LogP contribution in [0.2, 0.25) is 0 Å². The fourth-order valence-electron chi connectivity index (χ4n) is 2.14. The SMILES string of the molecule is COc1ccc(NC(=O)N[C@@H](C)[C@@H]2CCCO2)cc1. The maximum Gasteiger partial charge on any atom is 0.319 e. The number of methoxy groups -OCH3 is 1. The monoisotopic (exact) mass is 264 g/mol. The third-order valence-electron chi connectivity index (χ3n) is 3.23. The molecular formula is C14H20N2O3. The van der Waals surface area contributed by atoms with Gasteiger partial charge in [-0.2, -0.15) is 0 Å². The van der Waals surface area contributed by atoms with E-state index in [1.54, 1.807) is 31.4 Å². The highest BCUT2D eigenvalue weighted by atomic mass is 16.5. The number of benzene rings is 1. The van der Waals surface area contributed by atoms with Crippen LogP contribution < -0.4 is 15.4 Å². The first-order chi connectivity index (χ1) is 9.19. The lowest BCUT2D eigenvalue weighted by Crippen LogP contribution is -2.42. The molecule has 2 N–H and O–H groups in total. The molecule has 0 saturated carbocycles. The quantitative estimate of drug-likeness (QED) is 0.877. The van der Waals surface area contributed by atoms with E-state index in [2.05, 4.69) is 10.6 Å². The Labute approximate surface area is 113 Å². The summed E-state index contributed by atoms with van der Waals surface area (Å²) in [4.78, 5) is 11.8. The number of amides is 2. The molecule has 0 spiro atoms. The second-order valence-electron chi connectivity index (χ2n) is 4.67. The predicted molar refractivity (Wildman–Crippen MR) is 73.6 cm³/mol. The van der Waals surface area contributed by atoms with E-state index in [4.69, 9.17) is 9.47 Å². The number of hydrogen-bond donors (Lipinski definition) is 2. The van der Waals surface area contributed by atoms with Gasteiger partial charge in [0.25, 0.3) is 0 Å². The lowest BCUT2D eigenvalue weighted by atomic mass is 10.1. The number of carbonyl (C=O) groups excluding carboxylic acids is 1. The van der Waals surface area contributed by atoms with Gasteiger partial charge in [0.2, 0.25) is 0 Å². The minimum absolute atomic E-state index is 0.0146. The van der Waals surface area contributed by atoms with Crippen LogP contribution in [0.4, 0.5) is 10.5 Å². The summed E-state index contributed by atoms with van der Waals surface area (Å²) >= 11 is 0. The number of nitrogens with one attached hydrogen (secondary N) is 2. The standard InChI is InChI=1S/C14H20N2O3/c1-10(13-4-3-9-19-13)15-14(17)16-11-5-7-12(18-2)8-6-11/h5-8,10,13H,3-4,9H2,1-2H3,(H2,15,16,17)/t10-,13-/m0/s1. The Morgan fingerprint density at radius 1 is 1.42 bits per heavy atom. The molecule has 2 atom stereocenters. The molecule has 1 saturated heterocycles. The van der Waals surface area contributed by atoms with Gasteiger partial charge < -0.3 is 20.1 Å². The van der Waals surface area contributed by atoms with Gasteiger partial charge in [-0.15, -0.1) is 0 Å². The summed E-state index contributed by atoms with van der Waals surface area (Å²) in [6, 6.07) is 7.01. The van der Waals surface area contributed by atoms with E-state index in [0.29, 0.717) is 0 Å². The van der Waals surface area contributed by atoms with Gasteiger partial charge >= 0.3 is 6.03 Å². The van der Waals surface area contributed by atoms with Crippen molar-refractivity contribution in [3.8, 4) is 5.75 Å². The lowest BCUT2D eigenvalue weighted by Gasteiger charge is -2.20. The third-order valence-corrected chi connectivity index (χ3v) is 3.23. The molecule has 1 fully saturated rings. The van der Waals surface area contributed by atoms with Crippen molar-refractivity contribution in [3.63, 3.8) is 0 Å². The van der Waals surface area contributed by atoms with Crippen LogP contribution in [0.3, 0.4) is 0 Å². The molecule has 1 aliphatic rings. The van der Waals surface area contributed by atoms with E-state index in [0.717, 1.165) is 30.9 Å². The minimum Gasteiger partial charge on any atom is -0.497 e. The highest BCUT2D eigenvalue weighted by Gasteiger charge is 2.23. The van der Waals surface area contributed by atoms with Crippen LogP contribution in [-0.4, -0.2) is 31.9 Å². The van der Waals surface area contributed by atoms with Gasteiger partial charge in [-0.3, -0.25) is 0 Å². The number of urea groups is 1. The summed E-state index contributed by atoms with van der Waals surface area (Å²) in [7, 11) is 1.61. The number of hydrogen-bond acceptors (Lipinski definition) is 3. The first kappa shape index (κ1) is 13.7. The Morgan fingerprint density at radius 2 is 2.16 bits per heavy atom. The van der Waals surface area contributed by atoms with Crippen molar-refractivity contribution in [2.45, 2.75) is 31.9 Å². The maximum absolute atomic E-state index is 11.8. The molecule has 0 bridgehead atoms. The molecule has 2 amide bonds. The van der Waals surface area contributed by atoms with Crippen LogP contribution in [-0.2, 0) is 4.74 Å². The van der Waals surface area contributed by atoms with Crippen LogP contribution in [0, 0.1) is 0 Å². The average molecular weight is 264 g/mol. The summed E-state index contributed by atoms with van der Waals surface area (Å²) in [5.41, 5.74) is 0.734. The van der Waals surface area contributed by atoms with Gasteiger partial charge in [-0.25, -0.2) is 4.79 Å². The van der Waals surface area contributed by atoms with Crippen molar-refractivity contribution in [2.75, 3.05) is 19.0 Å². The van der Waals surface area contributed by atoms with Crippen molar-refractivity contribution in [2.24, 2.45) is 0 Å². The Hall–Kier alpha value is -1.75. The number of anilines is 1. The van der Waals surface area contributed by atoms with Crippen LogP contribution in [0.1, 0.15) is 19.8 Å². The molecule has 1 aromatic rings. The molecular weight excluding hydrogens is 244 g/mol. The van der Waals surface area contributed by atoms with Crippen molar-refractivity contribution in [1.29, 1.82) is 0 Å². The van der Waals surface area contributed by atoms with Crippen molar-refractivity contribution in [1.82, 2.24) is 5.32 Å². The van der Waals surface area contributed by atoms with Crippen LogP contribution in [0.15, 0.2) is 24.3 Å². The minimum atomic E-state index is -0.215. The van der Waals surface area contributed by atoms with Crippen molar-refractivity contribution in [3.05, 3.63) is 24.3 Å². The Morgan fingerprint density at radius 3 is 2.74 bits per heavy atom. The second-order valence-corrected chi connectivity index (χ2v) is 4.67. The normalized spacial score (nSPS) is 19.8. The van der Waals surface area contributed by atoms with Crippen molar-refractivity contribution < 1.29 is 14.3 Å². The topological polar surface area (TPSA) is 59.6 Å². The van der Waals surface area contributed by atoms with E-state index in [-0.39, 0.29) is 18.2 Å². The molecule has 0 unspecified atom stereocenters. The van der Waals surface area contributed by atoms with E-state index in [9.17, 15) is 4.79 Å². The molecule has 1 aliphatic heterocycles. The number of carbonyl (C=O) groups is 1. The summed E-state index contributed by atoms with van der Waals surface area (Å²) in [6.45, 7) is 2.75. The smallest absolute Gasteiger partial charge is 0.319 e. The van der Waals surface area contributed by atoms with Crippen LogP contribution >= 0.6 is 0 Å². The molecule has 0 radical (unpaired) electrons. The maximum atomic E-state index is 11.8. The Kier molecular flexibility index (Phi) is 4.63. The molecule has 5 heteroatoms. The highest BCUT2D eigenvalue weighted by Crippen LogP contribution is 2.16. The summed E-state index contributed by atoms with van der Waals surface area (Å²) in [6.07, 6.45) is 2.20. The van der Waals surface area contributed by atoms with E-state index in [1.807, 2.05) is 6.92 Å². The average Bonchev–Trinajstić information content (AvgIpc) is 2.93. The van der Waals surface area contributed by atoms with Gasteiger partial charge in [0.05, 0.1) is 19.3 Å². The molecule has 0 aromatic heterocycles. The van der Waals surface area contributed by atoms with E-state index >= 15 is 0 Å². The van der Waals surface area contributed by atoms with Crippen LogP contribution in [0.5, 0.6) is 5.75 Å². The van der Waals surface area contributed by atoms with Crippen molar-refractivity contribution >= 4 is 11.7 Å². The molecule has 1 aromatic carbocycles. The summed E-state index contributed by atoms with van der Waals surface area (Å²) < 4.78 is 10.6. The predicted octanol–water partition coefficient (Wildman–Crippen LogP) is 2.38. The van der Waals surface area contributed by atoms with Crippen LogP contribution in [0.25, 0.3) is 0 Å². The zero-order valence-electron chi connectivity index (χ0n) is 11.3. The molecule has 104 valence electrons. The first-order valence-corrected chi connectivity index (χ1v) is 6.52. The van der Waals surface area contributed by atoms with Gasteiger partial charge in [-0.05, 0) is 44.0 Å². The lowest BCUT2D eigenvalue weighted by molar-refractivity contribution is 0.0868. The van der Waals surface area contributed by atoms with Gasteiger partial charge in [0.1, 0.15) is 5.75 Å². The number of rotatable bonds is 4. The molecule has 2 rings (SSSR count).